The van der Waals surface area contributed by atoms with Gasteiger partial charge in [0.05, 0.1) is 4.90 Å². The number of aryl methyl sites for hydroxylation is 2. The predicted octanol–water partition coefficient (Wildman–Crippen LogP) is 3.53. The minimum absolute atomic E-state index is 0.233. The molecule has 2 aromatic carbocycles. The van der Waals surface area contributed by atoms with Crippen LogP contribution < -0.4 is 0 Å². The Morgan fingerprint density at radius 1 is 0.875 bits per heavy atom. The maximum absolute atomic E-state index is 12.7. The van der Waals surface area contributed by atoms with Gasteiger partial charge in [0.25, 0.3) is 10.0 Å². The normalized spacial score (nSPS) is 15.8. The van der Waals surface area contributed by atoms with Crippen LogP contribution >= 0.6 is 0 Å². The van der Waals surface area contributed by atoms with Gasteiger partial charge in [-0.1, -0.05) is 47.5 Å². The largest absolute Gasteiger partial charge is 0.355 e. The van der Waals surface area contributed by atoms with Crippen LogP contribution in [0.5, 0.6) is 0 Å². The van der Waals surface area contributed by atoms with Crippen LogP contribution in [0, 0.1) is 13.8 Å². The minimum atomic E-state index is -3.73. The van der Waals surface area contributed by atoms with Crippen LogP contribution in [0.4, 0.5) is 0 Å². The molecule has 0 spiro atoms. The van der Waals surface area contributed by atoms with Crippen LogP contribution in [0.1, 0.15) is 29.5 Å². The van der Waals surface area contributed by atoms with E-state index in [0.29, 0.717) is 5.84 Å². The molecule has 1 aliphatic heterocycles. The van der Waals surface area contributed by atoms with Gasteiger partial charge in [0.1, 0.15) is 5.84 Å². The van der Waals surface area contributed by atoms with Crippen LogP contribution in [-0.4, -0.2) is 32.2 Å². The summed E-state index contributed by atoms with van der Waals surface area (Å²) in [7, 11) is -3.73. The Hall–Kier alpha value is -2.14. The van der Waals surface area contributed by atoms with Crippen molar-refractivity contribution in [1.29, 1.82) is 0 Å². The number of amidine groups is 1. The van der Waals surface area contributed by atoms with Gasteiger partial charge in [0.15, 0.2) is 0 Å². The molecule has 24 heavy (non-hydrogen) atoms. The lowest BCUT2D eigenvalue weighted by Crippen LogP contribution is -2.29. The standard InChI is InChI=1S/C19H22N2O2S/c1-15-5-9-17(10-6-15)19(21-13-3-4-14-21)20-24(22,23)18-11-7-16(2)8-12-18/h5-12H,3-4,13-14H2,1-2H3/b20-19+. The fourth-order valence-electron chi connectivity index (χ4n) is 2.80. The second kappa shape index (κ2) is 6.77. The maximum Gasteiger partial charge on any atom is 0.284 e. The van der Waals surface area contributed by atoms with Gasteiger partial charge in [-0.25, -0.2) is 0 Å². The van der Waals surface area contributed by atoms with Gasteiger partial charge < -0.3 is 4.90 Å². The second-order valence-electron chi connectivity index (χ2n) is 6.26. The van der Waals surface area contributed by atoms with Gasteiger partial charge in [0, 0.05) is 18.7 Å². The molecule has 3 rings (SSSR count). The van der Waals surface area contributed by atoms with E-state index < -0.39 is 10.0 Å². The quantitative estimate of drug-likeness (QED) is 0.633. The van der Waals surface area contributed by atoms with Gasteiger partial charge >= 0.3 is 0 Å². The third-order valence-electron chi connectivity index (χ3n) is 4.24. The highest BCUT2D eigenvalue weighted by molar-refractivity contribution is 7.90. The van der Waals surface area contributed by atoms with Crippen molar-refractivity contribution in [3.05, 3.63) is 65.2 Å². The molecule has 0 bridgehead atoms. The summed E-state index contributed by atoms with van der Waals surface area (Å²) in [6, 6.07) is 14.7. The highest BCUT2D eigenvalue weighted by Crippen LogP contribution is 2.19. The number of hydrogen-bond donors (Lipinski definition) is 0. The highest BCUT2D eigenvalue weighted by atomic mass is 32.2. The molecule has 126 valence electrons. The average Bonchev–Trinajstić information content (AvgIpc) is 3.08. The Morgan fingerprint density at radius 2 is 1.38 bits per heavy atom. The average molecular weight is 342 g/mol. The summed E-state index contributed by atoms with van der Waals surface area (Å²) in [5, 5.41) is 0. The van der Waals surface area contributed by atoms with E-state index in [1.54, 1.807) is 24.3 Å². The van der Waals surface area contributed by atoms with E-state index in [9.17, 15) is 8.42 Å². The van der Waals surface area contributed by atoms with Crippen molar-refractivity contribution >= 4 is 15.9 Å². The molecule has 1 saturated heterocycles. The first-order chi connectivity index (χ1) is 11.5. The Labute approximate surface area is 143 Å². The van der Waals surface area contributed by atoms with Crippen molar-refractivity contribution in [2.75, 3.05) is 13.1 Å². The van der Waals surface area contributed by atoms with E-state index in [2.05, 4.69) is 9.30 Å². The van der Waals surface area contributed by atoms with Crippen LogP contribution in [-0.2, 0) is 10.0 Å². The Balaban J connectivity index is 2.05. The molecule has 0 unspecified atom stereocenters. The number of likely N-dealkylation sites (tertiary alicyclic amines) is 1. The third kappa shape index (κ3) is 3.67. The molecular weight excluding hydrogens is 320 g/mol. The summed E-state index contributed by atoms with van der Waals surface area (Å²) in [6.45, 7) is 5.63. The van der Waals surface area contributed by atoms with E-state index in [-0.39, 0.29) is 4.90 Å². The van der Waals surface area contributed by atoms with E-state index >= 15 is 0 Å². The number of rotatable bonds is 3. The zero-order chi connectivity index (χ0) is 17.2. The number of nitrogens with zero attached hydrogens (tertiary/aromatic N) is 2. The SMILES string of the molecule is Cc1ccc(/C(=N\S(=O)(=O)c2ccc(C)cc2)N2CCCC2)cc1. The fraction of sp³-hybridized carbons (Fsp3) is 0.316. The lowest BCUT2D eigenvalue weighted by molar-refractivity contribution is 0.520. The molecule has 5 heteroatoms. The molecule has 4 nitrogen and oxygen atoms in total. The fourth-order valence-corrected chi connectivity index (χ4v) is 3.84. The van der Waals surface area contributed by atoms with Crippen molar-refractivity contribution in [1.82, 2.24) is 4.90 Å². The molecule has 0 amide bonds. The zero-order valence-corrected chi connectivity index (χ0v) is 14.9. The van der Waals surface area contributed by atoms with Crippen molar-refractivity contribution in [3.63, 3.8) is 0 Å². The molecule has 0 radical (unpaired) electrons. The number of hydrogen-bond acceptors (Lipinski definition) is 2. The lowest BCUT2D eigenvalue weighted by atomic mass is 10.1. The van der Waals surface area contributed by atoms with E-state index in [4.69, 9.17) is 0 Å². The molecule has 0 atom stereocenters. The first-order valence-electron chi connectivity index (χ1n) is 8.19. The van der Waals surface area contributed by atoms with E-state index in [0.717, 1.165) is 42.6 Å². The van der Waals surface area contributed by atoms with Crippen molar-refractivity contribution < 1.29 is 8.42 Å². The van der Waals surface area contributed by atoms with Crippen LogP contribution in [0.15, 0.2) is 57.8 Å². The molecule has 1 aliphatic rings. The van der Waals surface area contributed by atoms with Crippen molar-refractivity contribution in [2.24, 2.45) is 4.40 Å². The van der Waals surface area contributed by atoms with Crippen LogP contribution in [0.2, 0.25) is 0 Å². The molecule has 0 aromatic heterocycles. The molecular formula is C19H22N2O2S. The molecule has 2 aromatic rings. The number of sulfonamides is 1. The van der Waals surface area contributed by atoms with E-state index in [1.165, 1.54) is 0 Å². The number of benzene rings is 2. The Morgan fingerprint density at radius 3 is 1.92 bits per heavy atom. The predicted molar refractivity (Wildman–Crippen MR) is 96.9 cm³/mol. The van der Waals surface area contributed by atoms with E-state index in [1.807, 2.05) is 38.1 Å². The van der Waals surface area contributed by atoms with Crippen LogP contribution in [0.3, 0.4) is 0 Å². The summed E-state index contributed by atoms with van der Waals surface area (Å²) in [5.41, 5.74) is 3.01. The topological polar surface area (TPSA) is 49.7 Å². The summed E-state index contributed by atoms with van der Waals surface area (Å²) >= 11 is 0. The summed E-state index contributed by atoms with van der Waals surface area (Å²) in [4.78, 5) is 2.30. The summed E-state index contributed by atoms with van der Waals surface area (Å²) in [6.07, 6.45) is 2.13. The van der Waals surface area contributed by atoms with Crippen LogP contribution in [0.25, 0.3) is 0 Å². The summed E-state index contributed by atoms with van der Waals surface area (Å²) < 4.78 is 29.7. The zero-order valence-electron chi connectivity index (χ0n) is 14.1. The molecule has 1 heterocycles. The van der Waals surface area contributed by atoms with Gasteiger partial charge in [-0.3, -0.25) is 0 Å². The lowest BCUT2D eigenvalue weighted by Gasteiger charge is -2.20. The first-order valence-corrected chi connectivity index (χ1v) is 9.63. The first kappa shape index (κ1) is 16.7. The Kier molecular flexibility index (Phi) is 4.71. The minimum Gasteiger partial charge on any atom is -0.355 e. The Bertz CT molecular complexity index is 832. The highest BCUT2D eigenvalue weighted by Gasteiger charge is 2.22. The second-order valence-corrected chi connectivity index (χ2v) is 7.87. The third-order valence-corrected chi connectivity index (χ3v) is 5.52. The molecule has 0 saturated carbocycles. The molecule has 0 aliphatic carbocycles. The van der Waals surface area contributed by atoms with Gasteiger partial charge in [-0.05, 0) is 38.8 Å². The molecule has 1 fully saturated rings. The van der Waals surface area contributed by atoms with Gasteiger partial charge in [-0.2, -0.15) is 8.42 Å². The summed E-state index contributed by atoms with van der Waals surface area (Å²) in [5.74, 6) is 0.549. The monoisotopic (exact) mass is 342 g/mol. The maximum atomic E-state index is 12.7. The van der Waals surface area contributed by atoms with Crippen molar-refractivity contribution in [2.45, 2.75) is 31.6 Å². The van der Waals surface area contributed by atoms with Crippen molar-refractivity contribution in [3.8, 4) is 0 Å². The molecule has 0 N–H and O–H groups in total. The van der Waals surface area contributed by atoms with Gasteiger partial charge in [-0.15, -0.1) is 4.40 Å². The van der Waals surface area contributed by atoms with Gasteiger partial charge in [0.2, 0.25) is 0 Å². The smallest absolute Gasteiger partial charge is 0.284 e.